The van der Waals surface area contributed by atoms with Gasteiger partial charge in [-0.15, -0.1) is 0 Å². The van der Waals surface area contributed by atoms with Crippen molar-refractivity contribution in [2.75, 3.05) is 13.2 Å². The van der Waals surface area contributed by atoms with Crippen LogP contribution >= 0.6 is 0 Å². The molecule has 0 saturated carbocycles. The van der Waals surface area contributed by atoms with Gasteiger partial charge in [0.1, 0.15) is 6.04 Å². The zero-order chi connectivity index (χ0) is 12.4. The summed E-state index contributed by atoms with van der Waals surface area (Å²) >= 11 is 0. The Hall–Kier alpha value is -1.72. The molecule has 18 heavy (non-hydrogen) atoms. The second kappa shape index (κ2) is 4.88. The van der Waals surface area contributed by atoms with E-state index in [2.05, 4.69) is 10.1 Å². The van der Waals surface area contributed by atoms with Gasteiger partial charge in [-0.2, -0.15) is 4.98 Å². The fraction of sp³-hybridized carbons (Fsp3) is 0.385. The summed E-state index contributed by atoms with van der Waals surface area (Å²) < 4.78 is 10.6. The van der Waals surface area contributed by atoms with Crippen LogP contribution in [0.3, 0.4) is 0 Å². The topological polar surface area (TPSA) is 74.2 Å². The predicted octanol–water partition coefficient (Wildman–Crippen LogP) is 1.62. The lowest BCUT2D eigenvalue weighted by Gasteiger charge is -2.05. The summed E-state index contributed by atoms with van der Waals surface area (Å²) in [6.45, 7) is 1.43. The molecule has 1 aromatic heterocycles. The fourth-order valence-corrected chi connectivity index (χ4v) is 2.08. The number of nitrogens with zero attached hydrogens (tertiary/aromatic N) is 2. The lowest BCUT2D eigenvalue weighted by Crippen LogP contribution is -2.12. The highest BCUT2D eigenvalue weighted by molar-refractivity contribution is 5.23. The first-order valence-electron chi connectivity index (χ1n) is 6.06. The summed E-state index contributed by atoms with van der Waals surface area (Å²) in [6, 6.07) is 9.37. The van der Waals surface area contributed by atoms with Crippen molar-refractivity contribution in [1.82, 2.24) is 10.1 Å². The zero-order valence-electron chi connectivity index (χ0n) is 9.95. The molecule has 1 aromatic carbocycles. The molecule has 2 aromatic rings. The van der Waals surface area contributed by atoms with Gasteiger partial charge in [0, 0.05) is 12.5 Å². The normalized spacial score (nSPS) is 21.1. The summed E-state index contributed by atoms with van der Waals surface area (Å²) in [5.41, 5.74) is 7.07. The van der Waals surface area contributed by atoms with Crippen LogP contribution in [-0.4, -0.2) is 23.4 Å². The molecule has 0 aliphatic carbocycles. The number of nitrogens with two attached hydrogens (primary N) is 1. The average Bonchev–Trinajstić information content (AvgIpc) is 3.09. The molecule has 1 aliphatic heterocycles. The first-order valence-corrected chi connectivity index (χ1v) is 6.06. The van der Waals surface area contributed by atoms with E-state index >= 15 is 0 Å². The predicted molar refractivity (Wildman–Crippen MR) is 64.9 cm³/mol. The smallest absolute Gasteiger partial charge is 0.248 e. The number of benzene rings is 1. The molecule has 5 heteroatoms. The summed E-state index contributed by atoms with van der Waals surface area (Å²) in [5.74, 6) is 1.41. The highest BCUT2D eigenvalue weighted by Crippen LogP contribution is 2.25. The first-order chi connectivity index (χ1) is 8.84. The standard InChI is InChI=1S/C13H15N3O2/c14-11(9-4-2-1-3-5-9)13-15-12(16-18-13)10-6-7-17-8-10/h1-5,10-11H,6-8,14H2/t10?,11-/m0/s1. The van der Waals surface area contributed by atoms with Crippen molar-refractivity contribution in [2.24, 2.45) is 5.73 Å². The largest absolute Gasteiger partial charge is 0.381 e. The lowest BCUT2D eigenvalue weighted by molar-refractivity contribution is 0.192. The lowest BCUT2D eigenvalue weighted by atomic mass is 10.1. The molecule has 1 fully saturated rings. The van der Waals surface area contributed by atoms with Crippen molar-refractivity contribution in [3.63, 3.8) is 0 Å². The van der Waals surface area contributed by atoms with Gasteiger partial charge in [-0.1, -0.05) is 35.5 Å². The second-order valence-electron chi connectivity index (χ2n) is 4.44. The van der Waals surface area contributed by atoms with Crippen LogP contribution in [0, 0.1) is 0 Å². The van der Waals surface area contributed by atoms with E-state index in [1.807, 2.05) is 30.3 Å². The first kappa shape index (κ1) is 11.4. The quantitative estimate of drug-likeness (QED) is 0.889. The van der Waals surface area contributed by atoms with E-state index < -0.39 is 0 Å². The molecule has 94 valence electrons. The molecule has 3 rings (SSSR count). The van der Waals surface area contributed by atoms with Crippen LogP contribution < -0.4 is 5.73 Å². The van der Waals surface area contributed by atoms with Gasteiger partial charge in [0.2, 0.25) is 5.89 Å². The molecule has 2 atom stereocenters. The molecule has 1 saturated heterocycles. The molecule has 0 spiro atoms. The Morgan fingerprint density at radius 3 is 2.83 bits per heavy atom. The molecule has 1 unspecified atom stereocenters. The fourth-order valence-electron chi connectivity index (χ4n) is 2.08. The molecule has 5 nitrogen and oxygen atoms in total. The van der Waals surface area contributed by atoms with Crippen molar-refractivity contribution in [1.29, 1.82) is 0 Å². The van der Waals surface area contributed by atoms with Crippen molar-refractivity contribution in [3.8, 4) is 0 Å². The van der Waals surface area contributed by atoms with Crippen molar-refractivity contribution >= 4 is 0 Å². The van der Waals surface area contributed by atoms with E-state index in [0.717, 1.165) is 18.6 Å². The van der Waals surface area contributed by atoms with Crippen LogP contribution in [0.5, 0.6) is 0 Å². The van der Waals surface area contributed by atoms with E-state index in [1.54, 1.807) is 0 Å². The maximum absolute atomic E-state index is 6.10. The minimum Gasteiger partial charge on any atom is -0.381 e. The minimum atomic E-state index is -0.366. The molecule has 2 heterocycles. The van der Waals surface area contributed by atoms with Crippen LogP contribution in [0.1, 0.15) is 35.7 Å². The Labute approximate surface area is 105 Å². The van der Waals surface area contributed by atoms with Gasteiger partial charge in [-0.3, -0.25) is 0 Å². The zero-order valence-corrected chi connectivity index (χ0v) is 9.95. The van der Waals surface area contributed by atoms with Crippen LogP contribution in [0.25, 0.3) is 0 Å². The Kier molecular flexibility index (Phi) is 3.08. The Morgan fingerprint density at radius 1 is 1.28 bits per heavy atom. The summed E-state index contributed by atoms with van der Waals surface area (Å²) in [5, 5.41) is 4.00. The van der Waals surface area contributed by atoms with Gasteiger partial charge in [-0.05, 0) is 12.0 Å². The third kappa shape index (κ3) is 2.14. The van der Waals surface area contributed by atoms with Gasteiger partial charge in [0.15, 0.2) is 5.82 Å². The molecular weight excluding hydrogens is 230 g/mol. The van der Waals surface area contributed by atoms with Crippen LogP contribution in [0.4, 0.5) is 0 Å². The van der Waals surface area contributed by atoms with Crippen LogP contribution in [0.15, 0.2) is 34.9 Å². The van der Waals surface area contributed by atoms with Gasteiger partial charge < -0.3 is 15.0 Å². The van der Waals surface area contributed by atoms with Gasteiger partial charge in [-0.25, -0.2) is 0 Å². The highest BCUT2D eigenvalue weighted by Gasteiger charge is 2.25. The summed E-state index contributed by atoms with van der Waals surface area (Å²) in [7, 11) is 0. The third-order valence-electron chi connectivity index (χ3n) is 3.18. The van der Waals surface area contributed by atoms with E-state index in [9.17, 15) is 0 Å². The molecule has 0 amide bonds. The second-order valence-corrected chi connectivity index (χ2v) is 4.44. The monoisotopic (exact) mass is 245 g/mol. The molecule has 2 N–H and O–H groups in total. The van der Waals surface area contributed by atoms with Gasteiger partial charge >= 0.3 is 0 Å². The summed E-state index contributed by atoms with van der Waals surface area (Å²) in [6.07, 6.45) is 0.944. The number of aromatic nitrogens is 2. The number of ether oxygens (including phenoxy) is 1. The van der Waals surface area contributed by atoms with Gasteiger partial charge in [0.05, 0.1) is 6.61 Å². The maximum atomic E-state index is 6.10. The molecule has 1 aliphatic rings. The molecule has 0 bridgehead atoms. The Bertz CT molecular complexity index is 506. The minimum absolute atomic E-state index is 0.241. The molecule has 0 radical (unpaired) electrons. The Morgan fingerprint density at radius 2 is 2.11 bits per heavy atom. The van der Waals surface area contributed by atoms with Crippen molar-refractivity contribution < 1.29 is 9.26 Å². The maximum Gasteiger partial charge on any atom is 0.248 e. The van der Waals surface area contributed by atoms with E-state index in [0.29, 0.717) is 18.3 Å². The van der Waals surface area contributed by atoms with E-state index in [1.165, 1.54) is 0 Å². The van der Waals surface area contributed by atoms with Gasteiger partial charge in [0.25, 0.3) is 0 Å². The van der Waals surface area contributed by atoms with Crippen molar-refractivity contribution in [2.45, 2.75) is 18.4 Å². The van der Waals surface area contributed by atoms with Crippen LogP contribution in [0.2, 0.25) is 0 Å². The van der Waals surface area contributed by atoms with E-state index in [-0.39, 0.29) is 12.0 Å². The summed E-state index contributed by atoms with van der Waals surface area (Å²) in [4.78, 5) is 4.39. The van der Waals surface area contributed by atoms with Crippen molar-refractivity contribution in [3.05, 3.63) is 47.6 Å². The number of hydrogen-bond donors (Lipinski definition) is 1. The number of rotatable bonds is 3. The molecular formula is C13H15N3O2. The third-order valence-corrected chi connectivity index (χ3v) is 3.18. The highest BCUT2D eigenvalue weighted by atomic mass is 16.5. The Balaban J connectivity index is 1.80. The van der Waals surface area contributed by atoms with E-state index in [4.69, 9.17) is 15.0 Å². The average molecular weight is 245 g/mol. The van der Waals surface area contributed by atoms with Crippen LogP contribution in [-0.2, 0) is 4.74 Å². The SMILES string of the molecule is N[C@@H](c1ccccc1)c1nc(C2CCOC2)no1. The number of hydrogen-bond acceptors (Lipinski definition) is 5.